The molecule has 1 aliphatic rings. The number of allylic oxidation sites excluding steroid dienone is 3. The molecule has 0 N–H and O–H groups in total. The average Bonchev–Trinajstić information content (AvgIpc) is 2.79. The molecule has 6 nitrogen and oxygen atoms in total. The summed E-state index contributed by atoms with van der Waals surface area (Å²) < 4.78 is 23.6. The van der Waals surface area contributed by atoms with Gasteiger partial charge in [-0.1, -0.05) is 0 Å². The molecule has 1 aliphatic heterocycles. The van der Waals surface area contributed by atoms with Crippen molar-refractivity contribution in [2.75, 3.05) is 27.9 Å². The number of hydrogen-bond donors (Lipinski definition) is 0. The second-order valence-corrected chi connectivity index (χ2v) is 4.53. The molecule has 2 atom stereocenters. The Hall–Kier alpha value is -1.89. The van der Waals surface area contributed by atoms with E-state index in [-0.39, 0.29) is 13.0 Å². The van der Waals surface area contributed by atoms with Crippen molar-refractivity contribution in [1.82, 2.24) is 5.06 Å². The monoisotopic (exact) mass is 301 g/mol. The van der Waals surface area contributed by atoms with Gasteiger partial charge >= 0.3 is 5.97 Å². The summed E-state index contributed by atoms with van der Waals surface area (Å²) in [6.07, 6.45) is 2.76. The summed E-state index contributed by atoms with van der Waals surface area (Å²) in [6, 6.07) is 0. The lowest BCUT2D eigenvalue weighted by Crippen LogP contribution is -2.31. The van der Waals surface area contributed by atoms with Crippen molar-refractivity contribution in [1.29, 1.82) is 0 Å². The molecule has 0 saturated carbocycles. The summed E-state index contributed by atoms with van der Waals surface area (Å²) in [7, 11) is 3.95. The summed E-state index contributed by atoms with van der Waals surface area (Å²) in [5.74, 6) is -2.90. The number of methoxy groups -OCH3 is 2. The molecule has 1 fully saturated rings. The third kappa shape index (κ3) is 4.04. The highest BCUT2D eigenvalue weighted by Crippen LogP contribution is 2.31. The van der Waals surface area contributed by atoms with E-state index in [1.807, 2.05) is 0 Å². The molecule has 1 amide bonds. The topological polar surface area (TPSA) is 65.1 Å². The number of halogens is 1. The minimum absolute atomic E-state index is 0.0773. The molecule has 21 heavy (non-hydrogen) atoms. The Bertz CT molecular complexity index is 460. The predicted molar refractivity (Wildman–Crippen MR) is 72.3 cm³/mol. The Morgan fingerprint density at radius 2 is 2.05 bits per heavy atom. The first-order valence-electron chi connectivity index (χ1n) is 6.48. The molecule has 7 heteroatoms. The summed E-state index contributed by atoms with van der Waals surface area (Å²) in [5.41, 5.74) is 0. The minimum atomic E-state index is -1.05. The van der Waals surface area contributed by atoms with Crippen molar-refractivity contribution in [2.45, 2.75) is 13.3 Å². The third-order valence-corrected chi connectivity index (χ3v) is 3.34. The van der Waals surface area contributed by atoms with Crippen LogP contribution < -0.4 is 0 Å². The number of ether oxygens (including phenoxy) is 2. The number of carbonyl (C=O) groups excluding carboxylic acids is 2. The highest BCUT2D eigenvalue weighted by molar-refractivity contribution is 5.99. The van der Waals surface area contributed by atoms with E-state index in [0.29, 0.717) is 5.76 Å². The lowest BCUT2D eigenvalue weighted by molar-refractivity contribution is -0.172. The summed E-state index contributed by atoms with van der Waals surface area (Å²) >= 11 is 0. The van der Waals surface area contributed by atoms with Gasteiger partial charge in [0.05, 0.1) is 27.9 Å². The first kappa shape index (κ1) is 17.2. The molecule has 118 valence electrons. The number of carbonyl (C=O) groups is 2. The van der Waals surface area contributed by atoms with E-state index in [9.17, 15) is 14.0 Å². The van der Waals surface area contributed by atoms with Crippen LogP contribution in [0.5, 0.6) is 0 Å². The number of hydrogen-bond acceptors (Lipinski definition) is 5. The number of rotatable bonds is 6. The van der Waals surface area contributed by atoms with E-state index in [2.05, 4.69) is 4.74 Å². The fourth-order valence-electron chi connectivity index (χ4n) is 2.26. The van der Waals surface area contributed by atoms with Gasteiger partial charge in [-0.15, -0.1) is 0 Å². The Kier molecular flexibility index (Phi) is 6.36. The van der Waals surface area contributed by atoms with E-state index < -0.39 is 29.5 Å². The number of amides is 1. The Balaban J connectivity index is 2.89. The second-order valence-electron chi connectivity index (χ2n) is 4.53. The van der Waals surface area contributed by atoms with Crippen molar-refractivity contribution >= 4 is 11.9 Å². The molecular weight excluding hydrogens is 281 g/mol. The van der Waals surface area contributed by atoms with Gasteiger partial charge in [-0.2, -0.15) is 0 Å². The fourth-order valence-corrected chi connectivity index (χ4v) is 2.26. The Morgan fingerprint density at radius 3 is 2.52 bits per heavy atom. The largest absolute Gasteiger partial charge is 0.497 e. The zero-order valence-corrected chi connectivity index (χ0v) is 12.6. The van der Waals surface area contributed by atoms with Gasteiger partial charge in [0, 0.05) is 18.4 Å². The normalized spacial score (nSPS) is 23.5. The SMILES string of the molecule is C/C=C(\C=C(\F)C[C@@H]1CN(OC)C(=O)[C@H]1C(=O)OC)OC. The molecule has 0 aromatic heterocycles. The standard InChI is InChI=1S/C14H20FNO5/c1-5-11(19-2)7-10(15)6-9-8-16(21-4)13(17)12(9)14(18)20-3/h5,7,9,12H,6,8H2,1-4H3/b10-7+,11-5+/t9-,12+/m1/s1. The molecule has 0 aromatic rings. The fraction of sp³-hybridized carbons (Fsp3) is 0.571. The second kappa shape index (κ2) is 7.78. The van der Waals surface area contributed by atoms with Crippen LogP contribution in [0.15, 0.2) is 23.7 Å². The number of hydroxylamine groups is 2. The lowest BCUT2D eigenvalue weighted by Gasteiger charge is -2.13. The maximum absolute atomic E-state index is 14.0. The van der Waals surface area contributed by atoms with Gasteiger partial charge in [0.1, 0.15) is 17.5 Å². The van der Waals surface area contributed by atoms with Crippen LogP contribution in [-0.2, 0) is 23.9 Å². The third-order valence-electron chi connectivity index (χ3n) is 3.34. The molecule has 0 bridgehead atoms. The van der Waals surface area contributed by atoms with E-state index >= 15 is 0 Å². The van der Waals surface area contributed by atoms with Crippen molar-refractivity contribution in [3.8, 4) is 0 Å². The van der Waals surface area contributed by atoms with Crippen molar-refractivity contribution in [3.63, 3.8) is 0 Å². The van der Waals surface area contributed by atoms with Gasteiger partial charge in [0.2, 0.25) is 0 Å². The summed E-state index contributed by atoms with van der Waals surface area (Å²) in [4.78, 5) is 28.6. The molecule has 1 saturated heterocycles. The summed E-state index contributed by atoms with van der Waals surface area (Å²) in [6.45, 7) is 1.85. The molecule has 0 radical (unpaired) electrons. The predicted octanol–water partition coefficient (Wildman–Crippen LogP) is 1.59. The van der Waals surface area contributed by atoms with Crippen LogP contribution in [0.2, 0.25) is 0 Å². The zero-order chi connectivity index (χ0) is 16.0. The van der Waals surface area contributed by atoms with Gasteiger partial charge in [-0.05, 0) is 13.0 Å². The van der Waals surface area contributed by atoms with Crippen molar-refractivity contribution < 1.29 is 28.3 Å². The Labute approximate surface area is 123 Å². The maximum Gasteiger partial charge on any atom is 0.318 e. The molecule has 0 spiro atoms. The highest BCUT2D eigenvalue weighted by Gasteiger charge is 2.46. The van der Waals surface area contributed by atoms with Gasteiger partial charge in [0.25, 0.3) is 5.91 Å². The quantitative estimate of drug-likeness (QED) is 0.323. The molecular formula is C14H20FNO5. The molecule has 0 aliphatic carbocycles. The van der Waals surface area contributed by atoms with Crippen molar-refractivity contribution in [3.05, 3.63) is 23.7 Å². The van der Waals surface area contributed by atoms with E-state index in [4.69, 9.17) is 9.57 Å². The number of nitrogens with zero attached hydrogens (tertiary/aromatic N) is 1. The first-order valence-corrected chi connectivity index (χ1v) is 6.48. The van der Waals surface area contributed by atoms with Crippen LogP contribution in [0.25, 0.3) is 0 Å². The zero-order valence-electron chi connectivity index (χ0n) is 12.6. The lowest BCUT2D eigenvalue weighted by atomic mass is 9.92. The summed E-state index contributed by atoms with van der Waals surface area (Å²) in [5, 5.41) is 1.05. The molecule has 1 rings (SSSR count). The van der Waals surface area contributed by atoms with Crippen LogP contribution in [-0.4, -0.2) is 44.8 Å². The van der Waals surface area contributed by atoms with E-state index in [1.54, 1.807) is 13.0 Å². The highest BCUT2D eigenvalue weighted by atomic mass is 19.1. The Morgan fingerprint density at radius 1 is 1.38 bits per heavy atom. The van der Waals surface area contributed by atoms with Gasteiger partial charge in [-0.25, -0.2) is 9.45 Å². The van der Waals surface area contributed by atoms with E-state index in [0.717, 1.165) is 5.06 Å². The molecule has 0 aromatic carbocycles. The van der Waals surface area contributed by atoms with Crippen LogP contribution in [0.3, 0.4) is 0 Å². The van der Waals surface area contributed by atoms with Crippen LogP contribution in [0, 0.1) is 11.8 Å². The van der Waals surface area contributed by atoms with Gasteiger partial charge in [-0.3, -0.25) is 14.4 Å². The van der Waals surface area contributed by atoms with Crippen molar-refractivity contribution in [2.24, 2.45) is 11.8 Å². The average molecular weight is 301 g/mol. The van der Waals surface area contributed by atoms with Crippen LogP contribution in [0.4, 0.5) is 4.39 Å². The first-order chi connectivity index (χ1) is 9.98. The van der Waals surface area contributed by atoms with E-state index in [1.165, 1.54) is 27.4 Å². The maximum atomic E-state index is 14.0. The smallest absolute Gasteiger partial charge is 0.318 e. The van der Waals surface area contributed by atoms with Gasteiger partial charge < -0.3 is 9.47 Å². The van der Waals surface area contributed by atoms with Gasteiger partial charge in [0.15, 0.2) is 0 Å². The van der Waals surface area contributed by atoms with Crippen LogP contribution >= 0.6 is 0 Å². The number of esters is 1. The molecule has 0 unspecified atom stereocenters. The molecule has 1 heterocycles. The minimum Gasteiger partial charge on any atom is -0.497 e. The van der Waals surface area contributed by atoms with Crippen LogP contribution in [0.1, 0.15) is 13.3 Å².